The molecule has 3 rings (SSSR count). The molecule has 0 saturated heterocycles. The lowest BCUT2D eigenvalue weighted by molar-refractivity contribution is -0.140. The first kappa shape index (κ1) is 16.7. The SMILES string of the molecule is CN/N=C/c1sc2c(c1C)c(=O)n(C1CC1)c(=O)n2CC(F)(F)F. The summed E-state index contributed by atoms with van der Waals surface area (Å²) in [5, 5.41) is 4.00. The van der Waals surface area contributed by atoms with Gasteiger partial charge in [0.2, 0.25) is 0 Å². The van der Waals surface area contributed by atoms with E-state index in [1.54, 1.807) is 14.0 Å². The molecule has 1 aliphatic rings. The van der Waals surface area contributed by atoms with Crippen molar-refractivity contribution in [2.24, 2.45) is 5.10 Å². The molecular formula is C14H15F3N4O2S. The van der Waals surface area contributed by atoms with Crippen LogP contribution in [0.5, 0.6) is 0 Å². The number of aromatic nitrogens is 2. The topological polar surface area (TPSA) is 68.4 Å². The molecule has 6 nitrogen and oxygen atoms in total. The van der Waals surface area contributed by atoms with Crippen LogP contribution in [0.2, 0.25) is 0 Å². The summed E-state index contributed by atoms with van der Waals surface area (Å²) in [4.78, 5) is 25.7. The fraction of sp³-hybridized carbons (Fsp3) is 0.500. The van der Waals surface area contributed by atoms with E-state index in [4.69, 9.17) is 0 Å². The Hall–Kier alpha value is -2.10. The van der Waals surface area contributed by atoms with Gasteiger partial charge in [0, 0.05) is 13.1 Å². The molecule has 1 aliphatic carbocycles. The maximum Gasteiger partial charge on any atom is 0.406 e. The Morgan fingerprint density at radius 2 is 2.04 bits per heavy atom. The predicted octanol–water partition coefficient (Wildman–Crippen LogP) is 1.98. The molecule has 0 aliphatic heterocycles. The Bertz CT molecular complexity index is 935. The fourth-order valence-corrected chi connectivity index (χ4v) is 3.77. The van der Waals surface area contributed by atoms with E-state index < -0.39 is 24.0 Å². The van der Waals surface area contributed by atoms with E-state index >= 15 is 0 Å². The van der Waals surface area contributed by atoms with Crippen LogP contribution in [0.15, 0.2) is 14.7 Å². The third-order valence-electron chi connectivity index (χ3n) is 3.84. The van der Waals surface area contributed by atoms with Gasteiger partial charge in [-0.2, -0.15) is 18.3 Å². The number of thiophene rings is 1. The molecule has 130 valence electrons. The number of hydrazone groups is 1. The summed E-state index contributed by atoms with van der Waals surface area (Å²) in [6.45, 7) is 0.231. The molecule has 1 N–H and O–H groups in total. The highest BCUT2D eigenvalue weighted by atomic mass is 32.1. The standard InChI is InChI=1S/C14H15F3N4O2S/c1-7-9(5-19-18-2)24-12-10(7)11(22)21(8-3-4-8)13(23)20(12)6-14(15,16)17/h5,8,18H,3-4,6H2,1-2H3/b19-5+. The third kappa shape index (κ3) is 2.85. The van der Waals surface area contributed by atoms with Gasteiger partial charge in [-0.3, -0.25) is 13.9 Å². The van der Waals surface area contributed by atoms with Gasteiger partial charge in [0.25, 0.3) is 5.56 Å². The van der Waals surface area contributed by atoms with Crippen LogP contribution in [0, 0.1) is 6.92 Å². The minimum atomic E-state index is -4.56. The van der Waals surface area contributed by atoms with Crippen LogP contribution in [-0.4, -0.2) is 28.6 Å². The van der Waals surface area contributed by atoms with Gasteiger partial charge >= 0.3 is 11.9 Å². The van der Waals surface area contributed by atoms with Gasteiger partial charge in [0.05, 0.1) is 16.5 Å². The molecule has 2 aromatic rings. The van der Waals surface area contributed by atoms with Crippen LogP contribution in [0.1, 0.15) is 29.3 Å². The summed E-state index contributed by atoms with van der Waals surface area (Å²) < 4.78 is 40.4. The number of alkyl halides is 3. The smallest absolute Gasteiger partial charge is 0.313 e. The van der Waals surface area contributed by atoms with E-state index in [1.807, 2.05) is 0 Å². The minimum Gasteiger partial charge on any atom is -0.313 e. The molecular weight excluding hydrogens is 345 g/mol. The highest BCUT2D eigenvalue weighted by Crippen LogP contribution is 2.34. The average molecular weight is 360 g/mol. The van der Waals surface area contributed by atoms with E-state index in [-0.39, 0.29) is 16.3 Å². The van der Waals surface area contributed by atoms with E-state index in [1.165, 1.54) is 6.21 Å². The van der Waals surface area contributed by atoms with Crippen molar-refractivity contribution in [1.29, 1.82) is 0 Å². The van der Waals surface area contributed by atoms with Crippen LogP contribution in [-0.2, 0) is 6.54 Å². The molecule has 0 amide bonds. The number of rotatable bonds is 4. The molecule has 1 fully saturated rings. The van der Waals surface area contributed by atoms with Gasteiger partial charge in [-0.1, -0.05) is 0 Å². The van der Waals surface area contributed by atoms with Crippen molar-refractivity contribution in [1.82, 2.24) is 14.6 Å². The Morgan fingerprint density at radius 3 is 2.58 bits per heavy atom. The van der Waals surface area contributed by atoms with Crippen molar-refractivity contribution in [3.05, 3.63) is 31.3 Å². The first-order valence-electron chi connectivity index (χ1n) is 7.29. The zero-order valence-electron chi connectivity index (χ0n) is 13.0. The number of nitrogens with zero attached hydrogens (tertiary/aromatic N) is 3. The summed E-state index contributed by atoms with van der Waals surface area (Å²) >= 11 is 0.961. The largest absolute Gasteiger partial charge is 0.406 e. The summed E-state index contributed by atoms with van der Waals surface area (Å²) in [5.41, 5.74) is 1.67. The number of fused-ring (bicyclic) bond motifs is 1. The molecule has 0 spiro atoms. The average Bonchev–Trinajstić information content (AvgIpc) is 3.25. The first-order chi connectivity index (χ1) is 11.2. The quantitative estimate of drug-likeness (QED) is 0.670. The maximum absolute atomic E-state index is 12.9. The van der Waals surface area contributed by atoms with Crippen LogP contribution >= 0.6 is 11.3 Å². The number of hydrogen-bond acceptors (Lipinski definition) is 5. The second-order valence-electron chi connectivity index (χ2n) is 5.64. The summed E-state index contributed by atoms with van der Waals surface area (Å²) in [6, 6.07) is -0.303. The van der Waals surface area contributed by atoms with E-state index in [2.05, 4.69) is 10.5 Å². The lowest BCUT2D eigenvalue weighted by Gasteiger charge is -2.13. The predicted molar refractivity (Wildman–Crippen MR) is 86.1 cm³/mol. The molecule has 2 aromatic heterocycles. The molecule has 10 heteroatoms. The van der Waals surface area contributed by atoms with E-state index in [0.717, 1.165) is 15.9 Å². The second-order valence-corrected chi connectivity index (χ2v) is 6.67. The summed E-state index contributed by atoms with van der Waals surface area (Å²) in [6.07, 6.45) is -1.86. The minimum absolute atomic E-state index is 0.0364. The lowest BCUT2D eigenvalue weighted by Crippen LogP contribution is -2.41. The summed E-state index contributed by atoms with van der Waals surface area (Å²) in [7, 11) is 1.58. The highest BCUT2D eigenvalue weighted by Gasteiger charge is 2.34. The molecule has 1 saturated carbocycles. The lowest BCUT2D eigenvalue weighted by atomic mass is 10.2. The molecule has 0 aromatic carbocycles. The Kier molecular flexibility index (Phi) is 4.02. The van der Waals surface area contributed by atoms with Gasteiger partial charge in [-0.25, -0.2) is 4.79 Å². The van der Waals surface area contributed by atoms with Crippen molar-refractivity contribution in [2.45, 2.75) is 38.5 Å². The molecule has 2 heterocycles. The Balaban J connectivity index is 2.36. The monoisotopic (exact) mass is 360 g/mol. The second kappa shape index (κ2) is 5.76. The molecule has 0 bridgehead atoms. The van der Waals surface area contributed by atoms with Crippen LogP contribution in [0.25, 0.3) is 10.2 Å². The van der Waals surface area contributed by atoms with E-state index in [9.17, 15) is 22.8 Å². The Morgan fingerprint density at radius 1 is 1.38 bits per heavy atom. The number of nitrogens with one attached hydrogen (secondary N) is 1. The zero-order chi connectivity index (χ0) is 17.6. The van der Waals surface area contributed by atoms with Crippen molar-refractivity contribution in [3.8, 4) is 0 Å². The molecule has 0 unspecified atom stereocenters. The maximum atomic E-state index is 12.9. The normalized spacial score (nSPS) is 15.5. The number of halogens is 3. The van der Waals surface area contributed by atoms with Crippen molar-refractivity contribution < 1.29 is 13.2 Å². The van der Waals surface area contributed by atoms with Gasteiger partial charge in [-0.05, 0) is 25.3 Å². The first-order valence-corrected chi connectivity index (χ1v) is 8.11. The zero-order valence-corrected chi connectivity index (χ0v) is 13.8. The van der Waals surface area contributed by atoms with Crippen molar-refractivity contribution in [3.63, 3.8) is 0 Å². The fourth-order valence-electron chi connectivity index (χ4n) is 2.60. The van der Waals surface area contributed by atoms with Gasteiger partial charge in [-0.15, -0.1) is 11.3 Å². The van der Waals surface area contributed by atoms with Crippen LogP contribution < -0.4 is 16.7 Å². The number of hydrogen-bond donors (Lipinski definition) is 1. The third-order valence-corrected chi connectivity index (χ3v) is 5.09. The molecule has 24 heavy (non-hydrogen) atoms. The molecule has 0 atom stereocenters. The summed E-state index contributed by atoms with van der Waals surface area (Å²) in [5.74, 6) is 0. The van der Waals surface area contributed by atoms with Crippen molar-refractivity contribution in [2.75, 3.05) is 7.05 Å². The molecule has 0 radical (unpaired) electrons. The van der Waals surface area contributed by atoms with Crippen molar-refractivity contribution >= 4 is 27.8 Å². The highest BCUT2D eigenvalue weighted by molar-refractivity contribution is 7.20. The van der Waals surface area contributed by atoms with Gasteiger partial charge in [0.1, 0.15) is 11.4 Å². The van der Waals surface area contributed by atoms with Gasteiger partial charge < -0.3 is 5.43 Å². The number of aryl methyl sites for hydroxylation is 1. The van der Waals surface area contributed by atoms with Crippen LogP contribution in [0.3, 0.4) is 0 Å². The Labute approximate surface area is 138 Å². The van der Waals surface area contributed by atoms with Gasteiger partial charge in [0.15, 0.2) is 0 Å². The van der Waals surface area contributed by atoms with E-state index in [0.29, 0.717) is 27.8 Å². The van der Waals surface area contributed by atoms with Crippen LogP contribution in [0.4, 0.5) is 13.2 Å².